The Morgan fingerprint density at radius 3 is 2.56 bits per heavy atom. The van der Waals surface area contributed by atoms with Crippen molar-refractivity contribution < 1.29 is 9.59 Å². The van der Waals surface area contributed by atoms with E-state index in [1.54, 1.807) is 62.4 Å². The van der Waals surface area contributed by atoms with Gasteiger partial charge >= 0.3 is 0 Å². The van der Waals surface area contributed by atoms with E-state index >= 15 is 0 Å². The molecule has 0 spiro atoms. The lowest BCUT2D eigenvalue weighted by molar-refractivity contribution is -0.116. The fraction of sp³-hybridized carbons (Fsp3) is 0.167. The molecule has 162 valence electrons. The van der Waals surface area contributed by atoms with Crippen LogP contribution in [0.5, 0.6) is 0 Å². The van der Waals surface area contributed by atoms with Gasteiger partial charge in [0.15, 0.2) is 0 Å². The molecule has 3 aromatic rings. The molecule has 0 saturated heterocycles. The zero-order chi connectivity index (χ0) is 23.3. The van der Waals surface area contributed by atoms with Crippen LogP contribution in [-0.4, -0.2) is 16.4 Å². The standard InChI is InChI=1S/C24H21ClN4O3/c1-15-10-16(2)29(24(32)20(15)12-26)14-22(30)28-21-9-4-3-8-19(21)23(31)27-13-17-6-5-7-18(25)11-17/h3-11H,13-14H2,1-2H3,(H,27,31)(H,28,30). The van der Waals surface area contributed by atoms with Crippen LogP contribution in [0, 0.1) is 25.2 Å². The number of aromatic nitrogens is 1. The van der Waals surface area contributed by atoms with Crippen LogP contribution in [0.1, 0.15) is 32.7 Å². The molecule has 0 radical (unpaired) electrons. The Morgan fingerprint density at radius 1 is 1.09 bits per heavy atom. The van der Waals surface area contributed by atoms with Gasteiger partial charge in [-0.15, -0.1) is 0 Å². The summed E-state index contributed by atoms with van der Waals surface area (Å²) in [5, 5.41) is 15.3. The van der Waals surface area contributed by atoms with E-state index in [0.29, 0.717) is 22.0 Å². The van der Waals surface area contributed by atoms with Gasteiger partial charge in [-0.25, -0.2) is 0 Å². The minimum atomic E-state index is -0.521. The van der Waals surface area contributed by atoms with Crippen LogP contribution < -0.4 is 16.2 Å². The van der Waals surface area contributed by atoms with Gasteiger partial charge in [0.2, 0.25) is 5.91 Å². The first-order valence-electron chi connectivity index (χ1n) is 9.83. The number of nitriles is 1. The molecule has 2 amide bonds. The zero-order valence-corrected chi connectivity index (χ0v) is 18.4. The number of rotatable bonds is 6. The molecule has 0 bridgehead atoms. The number of para-hydroxylation sites is 1. The van der Waals surface area contributed by atoms with E-state index in [0.717, 1.165) is 5.56 Å². The topological polar surface area (TPSA) is 104 Å². The SMILES string of the molecule is Cc1cc(C)n(CC(=O)Nc2ccccc2C(=O)NCc2cccc(Cl)c2)c(=O)c1C#N. The summed E-state index contributed by atoms with van der Waals surface area (Å²) in [6, 6.07) is 17.3. The van der Waals surface area contributed by atoms with Crippen molar-refractivity contribution in [2.45, 2.75) is 26.9 Å². The van der Waals surface area contributed by atoms with Crippen molar-refractivity contribution in [1.82, 2.24) is 9.88 Å². The van der Waals surface area contributed by atoms with Crippen molar-refractivity contribution in [3.05, 3.63) is 97.9 Å². The summed E-state index contributed by atoms with van der Waals surface area (Å²) in [5.74, 6) is -0.852. The fourth-order valence-corrected chi connectivity index (χ4v) is 3.52. The van der Waals surface area contributed by atoms with E-state index in [-0.39, 0.29) is 30.1 Å². The third-order valence-electron chi connectivity index (χ3n) is 4.91. The van der Waals surface area contributed by atoms with Gasteiger partial charge in [-0.2, -0.15) is 5.26 Å². The normalized spacial score (nSPS) is 10.3. The van der Waals surface area contributed by atoms with Crippen LogP contribution in [-0.2, 0) is 17.9 Å². The first kappa shape index (κ1) is 22.8. The zero-order valence-electron chi connectivity index (χ0n) is 17.6. The lowest BCUT2D eigenvalue weighted by Gasteiger charge is -2.14. The number of nitrogens with zero attached hydrogens (tertiary/aromatic N) is 2. The van der Waals surface area contributed by atoms with Gasteiger partial charge in [0.05, 0.1) is 11.3 Å². The van der Waals surface area contributed by atoms with Crippen LogP contribution in [0.25, 0.3) is 0 Å². The number of benzene rings is 2. The predicted molar refractivity (Wildman–Crippen MR) is 123 cm³/mol. The van der Waals surface area contributed by atoms with Gasteiger partial charge in [0.1, 0.15) is 18.2 Å². The van der Waals surface area contributed by atoms with Crippen LogP contribution in [0.15, 0.2) is 59.4 Å². The van der Waals surface area contributed by atoms with Crippen molar-refractivity contribution in [2.75, 3.05) is 5.32 Å². The van der Waals surface area contributed by atoms with Gasteiger partial charge in [-0.3, -0.25) is 14.4 Å². The summed E-state index contributed by atoms with van der Waals surface area (Å²) in [6.07, 6.45) is 0. The average Bonchev–Trinajstić information content (AvgIpc) is 2.75. The van der Waals surface area contributed by atoms with Crippen molar-refractivity contribution in [2.24, 2.45) is 0 Å². The van der Waals surface area contributed by atoms with E-state index in [4.69, 9.17) is 11.6 Å². The summed E-state index contributed by atoms with van der Waals surface area (Å²) in [6.45, 7) is 3.37. The largest absolute Gasteiger partial charge is 0.348 e. The van der Waals surface area contributed by atoms with Crippen LogP contribution >= 0.6 is 11.6 Å². The molecule has 0 fully saturated rings. The molecule has 0 aliphatic carbocycles. The number of pyridine rings is 1. The molecule has 0 saturated carbocycles. The van der Waals surface area contributed by atoms with Gasteiger partial charge in [-0.05, 0) is 55.3 Å². The highest BCUT2D eigenvalue weighted by atomic mass is 35.5. The molecule has 0 aliphatic rings. The molecule has 8 heteroatoms. The third-order valence-corrected chi connectivity index (χ3v) is 5.14. The van der Waals surface area contributed by atoms with Gasteiger partial charge in [-0.1, -0.05) is 35.9 Å². The molecule has 0 atom stereocenters. The Morgan fingerprint density at radius 2 is 1.84 bits per heavy atom. The molecule has 0 unspecified atom stereocenters. The summed E-state index contributed by atoms with van der Waals surface area (Å²) < 4.78 is 1.24. The number of amides is 2. The van der Waals surface area contributed by atoms with Crippen LogP contribution in [0.4, 0.5) is 5.69 Å². The number of nitrogens with one attached hydrogen (secondary N) is 2. The Labute approximate surface area is 190 Å². The fourth-order valence-electron chi connectivity index (χ4n) is 3.31. The van der Waals surface area contributed by atoms with Gasteiger partial charge < -0.3 is 15.2 Å². The molecule has 2 N–H and O–H groups in total. The maximum absolute atomic E-state index is 12.7. The molecule has 1 heterocycles. The number of carbonyl (C=O) groups excluding carboxylic acids is 2. The maximum atomic E-state index is 12.7. The van der Waals surface area contributed by atoms with E-state index in [1.807, 2.05) is 12.1 Å². The highest BCUT2D eigenvalue weighted by Gasteiger charge is 2.16. The van der Waals surface area contributed by atoms with Gasteiger partial charge in [0, 0.05) is 17.3 Å². The van der Waals surface area contributed by atoms with Crippen molar-refractivity contribution in [3.8, 4) is 6.07 Å². The van der Waals surface area contributed by atoms with E-state index < -0.39 is 11.5 Å². The minimum Gasteiger partial charge on any atom is -0.348 e. The van der Waals surface area contributed by atoms with E-state index in [9.17, 15) is 19.6 Å². The molecule has 2 aromatic carbocycles. The third kappa shape index (κ3) is 5.23. The lowest BCUT2D eigenvalue weighted by Crippen LogP contribution is -2.32. The molecule has 0 aliphatic heterocycles. The monoisotopic (exact) mass is 448 g/mol. The summed E-state index contributed by atoms with van der Waals surface area (Å²) in [5.41, 5.74) is 2.06. The molecule has 3 rings (SSSR count). The number of carbonyl (C=O) groups is 2. The first-order chi connectivity index (χ1) is 15.3. The van der Waals surface area contributed by atoms with Gasteiger partial charge in [0.25, 0.3) is 11.5 Å². The smallest absolute Gasteiger partial charge is 0.269 e. The Hall–Kier alpha value is -3.89. The minimum absolute atomic E-state index is 0.00388. The number of anilines is 1. The summed E-state index contributed by atoms with van der Waals surface area (Å²) in [7, 11) is 0. The molecular weight excluding hydrogens is 428 g/mol. The number of aryl methyl sites for hydroxylation is 2. The number of hydrogen-bond donors (Lipinski definition) is 2. The second-order valence-electron chi connectivity index (χ2n) is 7.25. The second kappa shape index (κ2) is 9.94. The maximum Gasteiger partial charge on any atom is 0.269 e. The second-order valence-corrected chi connectivity index (χ2v) is 7.69. The molecular formula is C24H21ClN4O3. The number of halogens is 1. The van der Waals surface area contributed by atoms with Crippen molar-refractivity contribution in [3.63, 3.8) is 0 Å². The summed E-state index contributed by atoms with van der Waals surface area (Å²) in [4.78, 5) is 37.9. The summed E-state index contributed by atoms with van der Waals surface area (Å²) >= 11 is 5.97. The quantitative estimate of drug-likeness (QED) is 0.601. The Bertz CT molecular complexity index is 1290. The van der Waals surface area contributed by atoms with Crippen molar-refractivity contribution in [1.29, 1.82) is 5.26 Å². The predicted octanol–water partition coefficient (Wildman–Crippen LogP) is 3.56. The molecule has 7 nitrogen and oxygen atoms in total. The molecule has 1 aromatic heterocycles. The molecule has 32 heavy (non-hydrogen) atoms. The number of hydrogen-bond acceptors (Lipinski definition) is 4. The average molecular weight is 449 g/mol. The highest BCUT2D eigenvalue weighted by Crippen LogP contribution is 2.16. The van der Waals surface area contributed by atoms with E-state index in [1.165, 1.54) is 4.57 Å². The van der Waals surface area contributed by atoms with E-state index in [2.05, 4.69) is 10.6 Å². The lowest BCUT2D eigenvalue weighted by atomic mass is 10.1. The highest BCUT2D eigenvalue weighted by molar-refractivity contribution is 6.30. The van der Waals surface area contributed by atoms with Crippen LogP contribution in [0.3, 0.4) is 0 Å². The van der Waals surface area contributed by atoms with Crippen LogP contribution in [0.2, 0.25) is 5.02 Å². The van der Waals surface area contributed by atoms with Crippen molar-refractivity contribution >= 4 is 29.1 Å². The first-order valence-corrected chi connectivity index (χ1v) is 10.2. The Balaban J connectivity index is 1.75. The Kier molecular flexibility index (Phi) is 7.08.